The van der Waals surface area contributed by atoms with Crippen LogP contribution < -0.4 is 11.1 Å². The van der Waals surface area contributed by atoms with Gasteiger partial charge in [-0.1, -0.05) is 6.07 Å². The molecule has 138 valence electrons. The number of ether oxygens (including phenoxy) is 1. The molecular weight excluding hydrogens is 439 g/mol. The summed E-state index contributed by atoms with van der Waals surface area (Å²) in [7, 11) is 0. The first-order valence-electron chi connectivity index (χ1n) is 7.86. The third-order valence-corrected chi connectivity index (χ3v) is 3.88. The van der Waals surface area contributed by atoms with E-state index >= 15 is 0 Å². The molecule has 0 saturated heterocycles. The minimum atomic E-state index is -0.486. The summed E-state index contributed by atoms with van der Waals surface area (Å²) in [5, 5.41) is 5.08. The lowest BCUT2D eigenvalue weighted by atomic mass is 10.2. The number of nitrogens with zero attached hydrogens (tertiary/aromatic N) is 2. The minimum Gasteiger partial charge on any atom is -0.444 e. The van der Waals surface area contributed by atoms with Crippen molar-refractivity contribution in [1.82, 2.24) is 10.2 Å². The Hall–Kier alpha value is -1.03. The molecule has 0 aliphatic heterocycles. The molecule has 1 aromatic rings. The van der Waals surface area contributed by atoms with Gasteiger partial charge in [-0.25, -0.2) is 4.79 Å². The van der Waals surface area contributed by atoms with E-state index < -0.39 is 5.60 Å². The number of hydrogen-bond donors (Lipinski definition) is 2. The molecule has 0 bridgehead atoms. The maximum Gasteiger partial charge on any atom is 0.410 e. The summed E-state index contributed by atoms with van der Waals surface area (Å²) in [6, 6.07) is 4.12. The van der Waals surface area contributed by atoms with Crippen LogP contribution in [0.15, 0.2) is 22.5 Å². The Morgan fingerprint density at radius 3 is 2.71 bits per heavy atom. The number of guanidine groups is 1. The van der Waals surface area contributed by atoms with E-state index in [2.05, 4.69) is 21.8 Å². The predicted octanol–water partition coefficient (Wildman–Crippen LogP) is 3.07. The molecular formula is C16H29IN4O2S. The second kappa shape index (κ2) is 11.5. The minimum absolute atomic E-state index is 0. The van der Waals surface area contributed by atoms with Gasteiger partial charge in [0.1, 0.15) is 5.60 Å². The highest BCUT2D eigenvalue weighted by Crippen LogP contribution is 2.10. The van der Waals surface area contributed by atoms with E-state index in [1.807, 2.05) is 33.8 Å². The molecule has 0 unspecified atom stereocenters. The Balaban J connectivity index is 0.00000529. The summed E-state index contributed by atoms with van der Waals surface area (Å²) in [6.07, 6.45) is 0.578. The summed E-state index contributed by atoms with van der Waals surface area (Å²) in [5.41, 5.74) is 5.34. The van der Waals surface area contributed by atoms with E-state index in [-0.39, 0.29) is 30.1 Å². The Bertz CT molecular complexity index is 501. The van der Waals surface area contributed by atoms with Crippen LogP contribution in [0.5, 0.6) is 0 Å². The number of carbonyl (C=O) groups excluding carboxylic acids is 1. The maximum atomic E-state index is 12.0. The van der Waals surface area contributed by atoms with Crippen LogP contribution in [0.3, 0.4) is 0 Å². The number of hydrogen-bond acceptors (Lipinski definition) is 4. The van der Waals surface area contributed by atoms with Gasteiger partial charge < -0.3 is 20.7 Å². The van der Waals surface area contributed by atoms with E-state index in [1.54, 1.807) is 16.2 Å². The smallest absolute Gasteiger partial charge is 0.410 e. The van der Waals surface area contributed by atoms with Gasteiger partial charge >= 0.3 is 6.09 Å². The largest absolute Gasteiger partial charge is 0.444 e. The van der Waals surface area contributed by atoms with Crippen molar-refractivity contribution in [2.24, 2.45) is 10.7 Å². The number of rotatable bonds is 7. The van der Waals surface area contributed by atoms with Gasteiger partial charge in [0.05, 0.1) is 0 Å². The summed E-state index contributed by atoms with van der Waals surface area (Å²) < 4.78 is 5.35. The van der Waals surface area contributed by atoms with E-state index in [9.17, 15) is 4.79 Å². The average molecular weight is 468 g/mol. The molecule has 24 heavy (non-hydrogen) atoms. The van der Waals surface area contributed by atoms with Gasteiger partial charge in [-0.2, -0.15) is 0 Å². The van der Waals surface area contributed by atoms with Gasteiger partial charge in [-0.15, -0.1) is 35.3 Å². The SMILES string of the molecule is CCN(CCNC(N)=NCCc1cccs1)C(=O)OC(C)(C)C.I. The van der Waals surface area contributed by atoms with Gasteiger partial charge in [0.2, 0.25) is 0 Å². The topological polar surface area (TPSA) is 80.0 Å². The number of nitrogens with two attached hydrogens (primary N) is 1. The fourth-order valence-corrected chi connectivity index (χ4v) is 2.52. The molecule has 8 heteroatoms. The van der Waals surface area contributed by atoms with E-state index in [0.29, 0.717) is 32.1 Å². The highest BCUT2D eigenvalue weighted by molar-refractivity contribution is 14.0. The number of halogens is 1. The quantitative estimate of drug-likeness (QED) is 0.366. The monoisotopic (exact) mass is 468 g/mol. The number of thiophene rings is 1. The standard InChI is InChI=1S/C16H28N4O2S.HI/c1-5-20(15(21)22-16(2,3)4)11-10-19-14(17)18-9-8-13-7-6-12-23-13;/h6-7,12H,5,8-11H2,1-4H3,(H3,17,18,19);1H. The molecule has 0 aromatic carbocycles. The second-order valence-corrected chi connectivity index (χ2v) is 7.12. The van der Waals surface area contributed by atoms with Crippen LogP contribution in [0.25, 0.3) is 0 Å². The Morgan fingerprint density at radius 2 is 2.17 bits per heavy atom. The van der Waals surface area contributed by atoms with Gasteiger partial charge in [-0.05, 0) is 39.1 Å². The van der Waals surface area contributed by atoms with Gasteiger partial charge in [0.25, 0.3) is 0 Å². The zero-order chi connectivity index (χ0) is 17.3. The zero-order valence-electron chi connectivity index (χ0n) is 14.9. The molecule has 0 spiro atoms. The molecule has 6 nitrogen and oxygen atoms in total. The first kappa shape index (κ1) is 23.0. The van der Waals surface area contributed by atoms with Crippen LogP contribution >= 0.6 is 35.3 Å². The predicted molar refractivity (Wildman–Crippen MR) is 111 cm³/mol. The van der Waals surface area contributed by atoms with Crippen LogP contribution in [-0.4, -0.2) is 48.7 Å². The fraction of sp³-hybridized carbons (Fsp3) is 0.625. The molecule has 0 fully saturated rings. The summed E-state index contributed by atoms with van der Waals surface area (Å²) in [5.74, 6) is 0.404. The average Bonchev–Trinajstić information content (AvgIpc) is 2.94. The van der Waals surface area contributed by atoms with E-state index in [1.165, 1.54) is 4.88 Å². The van der Waals surface area contributed by atoms with Gasteiger partial charge in [0, 0.05) is 37.5 Å². The van der Waals surface area contributed by atoms with Crippen LogP contribution in [0.1, 0.15) is 32.6 Å². The molecule has 1 heterocycles. The summed E-state index contributed by atoms with van der Waals surface area (Å²) >= 11 is 1.72. The molecule has 1 aromatic heterocycles. The zero-order valence-corrected chi connectivity index (χ0v) is 18.0. The van der Waals surface area contributed by atoms with Crippen molar-refractivity contribution >= 4 is 47.4 Å². The lowest BCUT2D eigenvalue weighted by Crippen LogP contribution is -2.42. The number of nitrogens with one attached hydrogen (secondary N) is 1. The molecule has 0 atom stereocenters. The van der Waals surface area contributed by atoms with Crippen molar-refractivity contribution in [1.29, 1.82) is 0 Å². The molecule has 1 rings (SSSR count). The Labute approximate surface area is 165 Å². The second-order valence-electron chi connectivity index (χ2n) is 6.08. The summed E-state index contributed by atoms with van der Waals surface area (Å²) in [4.78, 5) is 19.2. The lowest BCUT2D eigenvalue weighted by molar-refractivity contribution is 0.0264. The Morgan fingerprint density at radius 1 is 1.46 bits per heavy atom. The van der Waals surface area contributed by atoms with Gasteiger partial charge in [0.15, 0.2) is 5.96 Å². The number of carbonyl (C=O) groups is 1. The molecule has 3 N–H and O–H groups in total. The van der Waals surface area contributed by atoms with Crippen molar-refractivity contribution in [3.05, 3.63) is 22.4 Å². The van der Waals surface area contributed by atoms with Crippen molar-refractivity contribution < 1.29 is 9.53 Å². The fourth-order valence-electron chi connectivity index (χ4n) is 1.82. The lowest BCUT2D eigenvalue weighted by Gasteiger charge is -2.26. The summed E-state index contributed by atoms with van der Waals surface area (Å²) in [6.45, 7) is 9.80. The maximum absolute atomic E-state index is 12.0. The van der Waals surface area contributed by atoms with E-state index in [0.717, 1.165) is 6.42 Å². The van der Waals surface area contributed by atoms with E-state index in [4.69, 9.17) is 10.5 Å². The van der Waals surface area contributed by atoms with Crippen molar-refractivity contribution in [2.45, 2.75) is 39.7 Å². The van der Waals surface area contributed by atoms with Crippen LogP contribution in [0, 0.1) is 0 Å². The molecule has 0 radical (unpaired) electrons. The molecule has 0 aliphatic rings. The number of aliphatic imine (C=N–C) groups is 1. The molecule has 1 amide bonds. The Kier molecular flexibility index (Phi) is 11.0. The third-order valence-electron chi connectivity index (χ3n) is 2.94. The van der Waals surface area contributed by atoms with Gasteiger partial charge in [-0.3, -0.25) is 4.99 Å². The normalized spacial score (nSPS) is 11.6. The first-order valence-corrected chi connectivity index (χ1v) is 8.74. The number of amides is 1. The number of likely N-dealkylation sites (N-methyl/N-ethyl adjacent to an activating group) is 1. The van der Waals surface area contributed by atoms with Crippen LogP contribution in [0.4, 0.5) is 4.79 Å². The third kappa shape index (κ3) is 9.96. The highest BCUT2D eigenvalue weighted by Gasteiger charge is 2.20. The highest BCUT2D eigenvalue weighted by atomic mass is 127. The van der Waals surface area contributed by atoms with Crippen LogP contribution in [0.2, 0.25) is 0 Å². The van der Waals surface area contributed by atoms with Crippen LogP contribution in [-0.2, 0) is 11.2 Å². The first-order chi connectivity index (χ1) is 10.8. The van der Waals surface area contributed by atoms with Crippen molar-refractivity contribution in [2.75, 3.05) is 26.2 Å². The molecule has 0 saturated carbocycles. The molecule has 0 aliphatic carbocycles. The van der Waals surface area contributed by atoms with Crippen molar-refractivity contribution in [3.8, 4) is 0 Å². The van der Waals surface area contributed by atoms with Crippen molar-refractivity contribution in [3.63, 3.8) is 0 Å².